The van der Waals surface area contributed by atoms with Crippen molar-refractivity contribution in [2.45, 2.75) is 17.2 Å². The van der Waals surface area contributed by atoms with Gasteiger partial charge in [-0.25, -0.2) is 8.42 Å². The lowest BCUT2D eigenvalue weighted by Crippen LogP contribution is -2.26. The molecule has 0 aromatic heterocycles. The minimum Gasteiger partial charge on any atom is -0.263 e. The molecule has 0 amide bonds. The molecule has 1 aromatic rings. The summed E-state index contributed by atoms with van der Waals surface area (Å²) in [6.07, 6.45) is 0. The van der Waals surface area contributed by atoms with Gasteiger partial charge in [-0.3, -0.25) is 10.1 Å². The highest BCUT2D eigenvalue weighted by Gasteiger charge is 2.32. The largest absolute Gasteiger partial charge is 0.311 e. The van der Waals surface area contributed by atoms with Crippen molar-refractivity contribution in [2.75, 3.05) is 0 Å². The SMILES string of the molecule is C[C@@H]([N+](=O)[O-])S(=O)(=O)c1ccccc1. The fraction of sp³-hybridized carbons (Fsp3) is 0.250. The molecule has 0 aliphatic carbocycles. The van der Waals surface area contributed by atoms with E-state index in [1.165, 1.54) is 24.3 Å². The Morgan fingerprint density at radius 3 is 2.21 bits per heavy atom. The normalized spacial score (nSPS) is 13.5. The van der Waals surface area contributed by atoms with Crippen LogP contribution in [0.4, 0.5) is 0 Å². The fourth-order valence-electron chi connectivity index (χ4n) is 0.920. The van der Waals surface area contributed by atoms with Crippen LogP contribution in [0.5, 0.6) is 0 Å². The Kier molecular flexibility index (Phi) is 2.85. The Hall–Kier alpha value is -1.43. The smallest absolute Gasteiger partial charge is 0.263 e. The van der Waals surface area contributed by atoms with Crippen LogP contribution < -0.4 is 0 Å². The maximum absolute atomic E-state index is 11.5. The lowest BCUT2D eigenvalue weighted by atomic mass is 10.4. The summed E-state index contributed by atoms with van der Waals surface area (Å²) in [5.74, 6) is 0. The van der Waals surface area contributed by atoms with Gasteiger partial charge in [0.05, 0.1) is 4.90 Å². The first-order chi connectivity index (χ1) is 6.46. The molecular formula is C8H9NO4S. The van der Waals surface area contributed by atoms with Crippen LogP contribution in [0.15, 0.2) is 35.2 Å². The highest BCUT2D eigenvalue weighted by Crippen LogP contribution is 2.15. The van der Waals surface area contributed by atoms with Gasteiger partial charge < -0.3 is 0 Å². The average Bonchev–Trinajstić information content (AvgIpc) is 2.18. The molecule has 1 rings (SSSR count). The Morgan fingerprint density at radius 1 is 1.29 bits per heavy atom. The molecular weight excluding hydrogens is 206 g/mol. The summed E-state index contributed by atoms with van der Waals surface area (Å²) < 4.78 is 23.1. The third-order valence-electron chi connectivity index (χ3n) is 1.82. The maximum Gasteiger partial charge on any atom is 0.311 e. The molecule has 0 radical (unpaired) electrons. The van der Waals surface area contributed by atoms with Crippen LogP contribution in [0.2, 0.25) is 0 Å². The van der Waals surface area contributed by atoms with Crippen LogP contribution in [-0.4, -0.2) is 18.7 Å². The number of hydrogen-bond donors (Lipinski definition) is 0. The predicted octanol–water partition coefficient (Wildman–Crippen LogP) is 1.08. The summed E-state index contributed by atoms with van der Waals surface area (Å²) in [5, 5.41) is 8.74. The van der Waals surface area contributed by atoms with E-state index in [2.05, 4.69) is 0 Å². The van der Waals surface area contributed by atoms with Gasteiger partial charge in [-0.05, 0) is 12.1 Å². The molecule has 0 spiro atoms. The number of nitrogens with zero attached hydrogens (tertiary/aromatic N) is 1. The lowest BCUT2D eigenvalue weighted by molar-refractivity contribution is -0.493. The van der Waals surface area contributed by atoms with E-state index in [0.717, 1.165) is 6.92 Å². The molecule has 14 heavy (non-hydrogen) atoms. The molecule has 0 unspecified atom stereocenters. The topological polar surface area (TPSA) is 77.3 Å². The average molecular weight is 215 g/mol. The van der Waals surface area contributed by atoms with Crippen molar-refractivity contribution in [3.8, 4) is 0 Å². The molecule has 0 N–H and O–H groups in total. The molecule has 0 aliphatic heterocycles. The van der Waals surface area contributed by atoms with Crippen molar-refractivity contribution in [3.63, 3.8) is 0 Å². The Labute approximate surface area is 81.4 Å². The monoisotopic (exact) mass is 215 g/mol. The first-order valence-corrected chi connectivity index (χ1v) is 5.43. The molecule has 0 saturated carbocycles. The van der Waals surface area contributed by atoms with E-state index >= 15 is 0 Å². The van der Waals surface area contributed by atoms with Crippen LogP contribution in [0.3, 0.4) is 0 Å². The Bertz CT molecular complexity index is 426. The van der Waals surface area contributed by atoms with E-state index < -0.39 is 20.1 Å². The summed E-state index contributed by atoms with van der Waals surface area (Å²) in [4.78, 5) is 9.50. The van der Waals surface area contributed by atoms with Crippen molar-refractivity contribution in [1.82, 2.24) is 0 Å². The molecule has 5 nitrogen and oxygen atoms in total. The van der Waals surface area contributed by atoms with Crippen LogP contribution in [-0.2, 0) is 9.84 Å². The van der Waals surface area contributed by atoms with Crippen LogP contribution in [0.25, 0.3) is 0 Å². The van der Waals surface area contributed by atoms with Crippen molar-refractivity contribution >= 4 is 9.84 Å². The van der Waals surface area contributed by atoms with Gasteiger partial charge in [0.2, 0.25) is 9.84 Å². The lowest BCUT2D eigenvalue weighted by Gasteiger charge is -2.05. The quantitative estimate of drug-likeness (QED) is 0.558. The Morgan fingerprint density at radius 2 is 1.79 bits per heavy atom. The zero-order valence-electron chi connectivity index (χ0n) is 7.45. The number of nitro groups is 1. The minimum absolute atomic E-state index is 0.0239. The summed E-state index contributed by atoms with van der Waals surface area (Å²) in [6.45, 7) is 1.06. The highest BCUT2D eigenvalue weighted by molar-refractivity contribution is 7.91. The molecule has 1 atom stereocenters. The van der Waals surface area contributed by atoms with Gasteiger partial charge in [-0.15, -0.1) is 0 Å². The molecule has 76 valence electrons. The van der Waals surface area contributed by atoms with Gasteiger partial charge in [-0.2, -0.15) is 0 Å². The molecule has 0 fully saturated rings. The number of benzene rings is 1. The van der Waals surface area contributed by atoms with Gasteiger partial charge in [0.15, 0.2) is 0 Å². The maximum atomic E-state index is 11.5. The van der Waals surface area contributed by atoms with E-state index in [1.54, 1.807) is 6.07 Å². The second kappa shape index (κ2) is 3.75. The van der Waals surface area contributed by atoms with Crippen molar-refractivity contribution < 1.29 is 13.3 Å². The van der Waals surface area contributed by atoms with E-state index in [9.17, 15) is 18.5 Å². The summed E-state index contributed by atoms with van der Waals surface area (Å²) in [5.41, 5.74) is 0. The first kappa shape index (κ1) is 10.6. The Balaban J connectivity index is 3.16. The van der Waals surface area contributed by atoms with Crippen LogP contribution in [0.1, 0.15) is 6.92 Å². The third-order valence-corrected chi connectivity index (χ3v) is 3.82. The third kappa shape index (κ3) is 1.90. The zero-order chi connectivity index (χ0) is 10.8. The minimum atomic E-state index is -3.84. The molecule has 6 heteroatoms. The predicted molar refractivity (Wildman–Crippen MR) is 50.1 cm³/mol. The summed E-state index contributed by atoms with van der Waals surface area (Å²) in [7, 11) is -3.84. The zero-order valence-corrected chi connectivity index (χ0v) is 8.27. The second-order valence-electron chi connectivity index (χ2n) is 2.74. The van der Waals surface area contributed by atoms with Gasteiger partial charge in [0.1, 0.15) is 0 Å². The van der Waals surface area contributed by atoms with E-state index in [0.29, 0.717) is 0 Å². The van der Waals surface area contributed by atoms with Crippen LogP contribution >= 0.6 is 0 Å². The van der Waals surface area contributed by atoms with Crippen molar-refractivity contribution in [2.24, 2.45) is 0 Å². The highest BCUT2D eigenvalue weighted by atomic mass is 32.2. The number of rotatable bonds is 3. The van der Waals surface area contributed by atoms with Gasteiger partial charge in [0.25, 0.3) is 0 Å². The molecule has 0 heterocycles. The summed E-state index contributed by atoms with van der Waals surface area (Å²) in [6, 6.07) is 7.39. The van der Waals surface area contributed by atoms with Gasteiger partial charge in [0, 0.05) is 11.8 Å². The van der Waals surface area contributed by atoms with Crippen LogP contribution in [0, 0.1) is 10.1 Å². The first-order valence-electron chi connectivity index (χ1n) is 3.88. The number of hydrogen-bond acceptors (Lipinski definition) is 4. The van der Waals surface area contributed by atoms with E-state index in [4.69, 9.17) is 0 Å². The molecule has 0 saturated heterocycles. The van der Waals surface area contributed by atoms with Crippen molar-refractivity contribution in [1.29, 1.82) is 0 Å². The van der Waals surface area contributed by atoms with Gasteiger partial charge >= 0.3 is 5.37 Å². The summed E-state index contributed by atoms with van der Waals surface area (Å²) >= 11 is 0. The van der Waals surface area contributed by atoms with Crippen molar-refractivity contribution in [3.05, 3.63) is 40.4 Å². The van der Waals surface area contributed by atoms with E-state index in [-0.39, 0.29) is 4.90 Å². The van der Waals surface area contributed by atoms with E-state index in [1.807, 2.05) is 0 Å². The van der Waals surface area contributed by atoms with Gasteiger partial charge in [-0.1, -0.05) is 18.2 Å². The number of sulfone groups is 1. The fourth-order valence-corrected chi connectivity index (χ4v) is 2.08. The molecule has 0 bridgehead atoms. The molecule has 1 aromatic carbocycles. The second-order valence-corrected chi connectivity index (χ2v) is 4.99. The molecule has 0 aliphatic rings. The standard InChI is InChI=1S/C8H9NO4S/c1-7(9(10)11)14(12,13)8-5-3-2-4-6-8/h2-7H,1H3/t7-/m0/s1.